The number of nitrogens with one attached hydrogen (secondary N) is 1. The molecule has 0 spiro atoms. The molecule has 0 fully saturated rings. The van der Waals surface area contributed by atoms with Gasteiger partial charge in [-0.2, -0.15) is 0 Å². The second kappa shape index (κ2) is 9.99. The summed E-state index contributed by atoms with van der Waals surface area (Å²) < 4.78 is 26.3. The maximum Gasteiger partial charge on any atom is 0.152 e. The van der Waals surface area contributed by atoms with Crippen molar-refractivity contribution in [3.8, 4) is 0 Å². The molecule has 0 bridgehead atoms. The van der Waals surface area contributed by atoms with Crippen LogP contribution in [0.1, 0.15) is 15.9 Å². The number of pyridine rings is 1. The van der Waals surface area contributed by atoms with Gasteiger partial charge in [0.2, 0.25) is 0 Å². The zero-order valence-electron chi connectivity index (χ0n) is 13.4. The molecule has 3 rings (SSSR count). The minimum absolute atomic E-state index is 0.109. The van der Waals surface area contributed by atoms with Crippen molar-refractivity contribution in [3.05, 3.63) is 93.1 Å². The monoisotopic (exact) mass is 438 g/mol. The van der Waals surface area contributed by atoms with E-state index in [1.165, 1.54) is 18.2 Å². The second-order valence-corrected chi connectivity index (χ2v) is 6.21. The second-order valence-electron chi connectivity index (χ2n) is 5.05. The minimum Gasteiger partial charge on any atom is -0.366 e. The summed E-state index contributed by atoms with van der Waals surface area (Å²) in [5.41, 5.74) is 0.706. The number of aromatic nitrogens is 1. The summed E-state index contributed by atoms with van der Waals surface area (Å²) in [5, 5.41) is 3.57. The molecule has 1 aromatic heterocycles. The lowest BCUT2D eigenvalue weighted by Gasteiger charge is -2.07. The van der Waals surface area contributed by atoms with Gasteiger partial charge in [-0.1, -0.05) is 41.9 Å². The third-order valence-electron chi connectivity index (χ3n) is 3.25. The number of nitrogens with zero attached hydrogens (tertiary/aromatic N) is 1. The fourth-order valence-electron chi connectivity index (χ4n) is 1.91. The molecule has 2 aromatic carbocycles. The SMILES string of the molecule is Fc1ccccc1CNc1ccc(Cl)c(Br)n1.O=Cc1ccccc1F. The molecule has 0 aliphatic carbocycles. The van der Waals surface area contributed by atoms with Gasteiger partial charge in [-0.15, -0.1) is 0 Å². The smallest absolute Gasteiger partial charge is 0.152 e. The van der Waals surface area contributed by atoms with Gasteiger partial charge in [0, 0.05) is 12.1 Å². The van der Waals surface area contributed by atoms with Crippen molar-refractivity contribution < 1.29 is 13.6 Å². The first-order valence-electron chi connectivity index (χ1n) is 7.50. The number of aldehydes is 1. The van der Waals surface area contributed by atoms with E-state index in [2.05, 4.69) is 26.2 Å². The van der Waals surface area contributed by atoms with Gasteiger partial charge in [-0.3, -0.25) is 4.79 Å². The molecule has 3 nitrogen and oxygen atoms in total. The van der Waals surface area contributed by atoms with Crippen LogP contribution in [0.15, 0.2) is 65.3 Å². The molecule has 26 heavy (non-hydrogen) atoms. The fourth-order valence-corrected chi connectivity index (χ4v) is 2.34. The number of anilines is 1. The van der Waals surface area contributed by atoms with E-state index in [1.807, 2.05) is 0 Å². The number of hydrogen-bond donors (Lipinski definition) is 1. The fraction of sp³-hybridized carbons (Fsp3) is 0.0526. The van der Waals surface area contributed by atoms with E-state index in [4.69, 9.17) is 11.6 Å². The van der Waals surface area contributed by atoms with Crippen molar-refractivity contribution in [2.75, 3.05) is 5.32 Å². The molecule has 0 saturated heterocycles. The van der Waals surface area contributed by atoms with Crippen molar-refractivity contribution in [1.29, 1.82) is 0 Å². The maximum absolute atomic E-state index is 13.3. The van der Waals surface area contributed by atoms with E-state index in [9.17, 15) is 13.6 Å². The summed E-state index contributed by atoms with van der Waals surface area (Å²) in [6.07, 6.45) is 0.495. The lowest BCUT2D eigenvalue weighted by atomic mass is 10.2. The molecule has 0 atom stereocenters. The predicted molar refractivity (Wildman–Crippen MR) is 102 cm³/mol. The van der Waals surface area contributed by atoms with Crippen molar-refractivity contribution in [1.82, 2.24) is 4.98 Å². The molecular formula is C19H14BrClF2N2O. The zero-order chi connectivity index (χ0) is 18.9. The molecule has 3 aromatic rings. The summed E-state index contributed by atoms with van der Waals surface area (Å²) >= 11 is 9.06. The third-order valence-corrected chi connectivity index (χ3v) is 4.39. The van der Waals surface area contributed by atoms with E-state index >= 15 is 0 Å². The van der Waals surface area contributed by atoms with Crippen LogP contribution in [0.3, 0.4) is 0 Å². The van der Waals surface area contributed by atoms with Crippen LogP contribution in [0.5, 0.6) is 0 Å². The van der Waals surface area contributed by atoms with Crippen LogP contribution in [0.25, 0.3) is 0 Å². The van der Waals surface area contributed by atoms with Crippen LogP contribution < -0.4 is 5.32 Å². The summed E-state index contributed by atoms with van der Waals surface area (Å²) in [5.74, 6) is -0.0509. The molecule has 0 aliphatic rings. The Morgan fingerprint density at radius 1 is 1.00 bits per heavy atom. The van der Waals surface area contributed by atoms with Crippen molar-refractivity contribution in [2.45, 2.75) is 6.54 Å². The maximum atomic E-state index is 13.3. The highest BCUT2D eigenvalue weighted by Crippen LogP contribution is 2.22. The third kappa shape index (κ3) is 5.89. The first-order chi connectivity index (χ1) is 12.5. The van der Waals surface area contributed by atoms with Gasteiger partial charge >= 0.3 is 0 Å². The molecule has 0 amide bonds. The summed E-state index contributed by atoms with van der Waals surface area (Å²) in [6, 6.07) is 15.9. The van der Waals surface area contributed by atoms with Crippen molar-refractivity contribution in [2.24, 2.45) is 0 Å². The molecule has 0 saturated carbocycles. The van der Waals surface area contributed by atoms with Crippen LogP contribution in [0.4, 0.5) is 14.6 Å². The van der Waals surface area contributed by atoms with Crippen LogP contribution in [-0.4, -0.2) is 11.3 Å². The molecule has 0 unspecified atom stereocenters. The van der Waals surface area contributed by atoms with Gasteiger partial charge in [-0.25, -0.2) is 13.8 Å². The summed E-state index contributed by atoms with van der Waals surface area (Å²) in [7, 11) is 0. The molecule has 1 heterocycles. The number of rotatable bonds is 4. The van der Waals surface area contributed by atoms with Gasteiger partial charge in [0.1, 0.15) is 22.1 Å². The van der Waals surface area contributed by atoms with E-state index < -0.39 is 5.82 Å². The predicted octanol–water partition coefficient (Wildman–Crippen LogP) is 5.89. The number of halogens is 4. The highest BCUT2D eigenvalue weighted by atomic mass is 79.9. The molecule has 134 valence electrons. The topological polar surface area (TPSA) is 42.0 Å². The number of hydrogen-bond acceptors (Lipinski definition) is 3. The number of carbonyl (C=O) groups excluding carboxylic acids is 1. The molecule has 0 radical (unpaired) electrons. The van der Waals surface area contributed by atoms with Gasteiger partial charge in [0.05, 0.1) is 10.6 Å². The van der Waals surface area contributed by atoms with Gasteiger partial charge in [-0.05, 0) is 46.3 Å². The van der Waals surface area contributed by atoms with Crippen LogP contribution in [0, 0.1) is 11.6 Å². The van der Waals surface area contributed by atoms with Gasteiger partial charge in [0.25, 0.3) is 0 Å². The van der Waals surface area contributed by atoms with E-state index in [0.29, 0.717) is 33.8 Å². The zero-order valence-corrected chi connectivity index (χ0v) is 15.8. The lowest BCUT2D eigenvalue weighted by molar-refractivity contribution is 0.112. The molecule has 0 aliphatic heterocycles. The average molecular weight is 440 g/mol. The van der Waals surface area contributed by atoms with Gasteiger partial charge < -0.3 is 5.32 Å². The van der Waals surface area contributed by atoms with Crippen LogP contribution in [0.2, 0.25) is 5.02 Å². The Hall–Kier alpha value is -2.31. The van der Waals surface area contributed by atoms with E-state index in [-0.39, 0.29) is 11.4 Å². The summed E-state index contributed by atoms with van der Waals surface area (Å²) in [4.78, 5) is 14.2. The van der Waals surface area contributed by atoms with Crippen molar-refractivity contribution >= 4 is 39.6 Å². The summed E-state index contributed by atoms with van der Waals surface area (Å²) in [6.45, 7) is 0.383. The number of benzene rings is 2. The lowest BCUT2D eigenvalue weighted by Crippen LogP contribution is -2.03. The normalized spacial score (nSPS) is 9.85. The highest BCUT2D eigenvalue weighted by molar-refractivity contribution is 9.10. The first kappa shape index (κ1) is 20.0. The largest absolute Gasteiger partial charge is 0.366 e. The van der Waals surface area contributed by atoms with Crippen LogP contribution in [-0.2, 0) is 6.54 Å². The average Bonchev–Trinajstić information content (AvgIpc) is 2.65. The van der Waals surface area contributed by atoms with E-state index in [0.717, 1.165) is 0 Å². The van der Waals surface area contributed by atoms with E-state index in [1.54, 1.807) is 42.5 Å². The highest BCUT2D eigenvalue weighted by Gasteiger charge is 2.03. The molecule has 7 heteroatoms. The van der Waals surface area contributed by atoms with Crippen LogP contribution >= 0.6 is 27.5 Å². The Kier molecular flexibility index (Phi) is 7.69. The number of carbonyl (C=O) groups is 1. The Morgan fingerprint density at radius 2 is 1.65 bits per heavy atom. The van der Waals surface area contributed by atoms with Crippen molar-refractivity contribution in [3.63, 3.8) is 0 Å². The Bertz CT molecular complexity index is 893. The molecule has 1 N–H and O–H groups in total. The quantitative estimate of drug-likeness (QED) is 0.407. The van der Waals surface area contributed by atoms with Gasteiger partial charge in [0.15, 0.2) is 6.29 Å². The standard InChI is InChI=1S/C12H9BrClFN2.C7H5FO/c13-12-9(14)5-6-11(17-12)16-7-8-3-1-2-4-10(8)15;8-7-4-2-1-3-6(7)5-9/h1-6H,7H2,(H,16,17);1-5H. The Balaban J connectivity index is 0.000000228. The molecular weight excluding hydrogens is 426 g/mol. The Labute approximate surface area is 163 Å². The minimum atomic E-state index is -0.465. The first-order valence-corrected chi connectivity index (χ1v) is 8.67. The Morgan fingerprint density at radius 3 is 2.23 bits per heavy atom.